The van der Waals surface area contributed by atoms with E-state index in [1.165, 1.54) is 10.6 Å². The molecule has 0 radical (unpaired) electrons. The van der Waals surface area contributed by atoms with Crippen molar-refractivity contribution in [3.05, 3.63) is 69.7 Å². The van der Waals surface area contributed by atoms with E-state index in [4.69, 9.17) is 23.2 Å². The van der Waals surface area contributed by atoms with Gasteiger partial charge in [-0.2, -0.15) is 4.31 Å². The van der Waals surface area contributed by atoms with Gasteiger partial charge in [0.2, 0.25) is 15.9 Å². The van der Waals surface area contributed by atoms with Gasteiger partial charge in [0.25, 0.3) is 0 Å². The average molecular weight is 596 g/mol. The predicted molar refractivity (Wildman–Crippen MR) is 153 cm³/mol. The first-order valence-corrected chi connectivity index (χ1v) is 15.8. The van der Waals surface area contributed by atoms with Gasteiger partial charge < -0.3 is 10.0 Å². The van der Waals surface area contributed by atoms with Gasteiger partial charge in [-0.05, 0) is 74.4 Å². The number of carbonyl (C=O) groups excluding carboxylic acids is 1. The fraction of sp³-hybridized carbons (Fsp3) is 0.517. The van der Waals surface area contributed by atoms with E-state index in [9.17, 15) is 23.1 Å². The maximum absolute atomic E-state index is 14.5. The van der Waals surface area contributed by atoms with Gasteiger partial charge in [0.15, 0.2) is 0 Å². The number of carbonyl (C=O) groups is 2. The highest BCUT2D eigenvalue weighted by atomic mass is 35.5. The minimum Gasteiger partial charge on any atom is -0.481 e. The number of carboxylic acid groups (broad SMARTS) is 1. The SMILES string of the molecule is CC(C)N(CC(C1CC1)N1C(=O)[C@@](C)(CC(=O)O)C[C@H](c2cccc(Cl)c2)[C@H]1c1ccc(Cl)cc1)S(C)(=O)=O. The molecule has 10 heteroatoms. The number of likely N-dealkylation sites (tertiary alicyclic amines) is 1. The Morgan fingerprint density at radius 2 is 1.74 bits per heavy atom. The molecule has 1 heterocycles. The summed E-state index contributed by atoms with van der Waals surface area (Å²) in [7, 11) is -3.56. The molecule has 2 aromatic carbocycles. The van der Waals surface area contributed by atoms with Crippen molar-refractivity contribution in [3.63, 3.8) is 0 Å². The van der Waals surface area contributed by atoms with Crippen molar-refractivity contribution in [2.45, 2.75) is 70.5 Å². The molecule has 2 aromatic rings. The molecule has 2 aliphatic rings. The number of nitrogens with zero attached hydrogens (tertiary/aromatic N) is 2. The second-order valence-electron chi connectivity index (χ2n) is 11.5. The lowest BCUT2D eigenvalue weighted by molar-refractivity contribution is -0.161. The van der Waals surface area contributed by atoms with Crippen molar-refractivity contribution in [2.75, 3.05) is 12.8 Å². The topological polar surface area (TPSA) is 95.0 Å². The Kier molecular flexibility index (Phi) is 8.72. The Balaban J connectivity index is 1.93. The minimum absolute atomic E-state index is 0.110. The summed E-state index contributed by atoms with van der Waals surface area (Å²) in [4.78, 5) is 28.3. The monoisotopic (exact) mass is 594 g/mol. The maximum Gasteiger partial charge on any atom is 0.304 e. The molecule has 4 rings (SSSR count). The van der Waals surface area contributed by atoms with Crippen molar-refractivity contribution in [1.82, 2.24) is 9.21 Å². The van der Waals surface area contributed by atoms with E-state index >= 15 is 0 Å². The third-order valence-corrected chi connectivity index (χ3v) is 9.93. The van der Waals surface area contributed by atoms with Crippen molar-refractivity contribution < 1.29 is 23.1 Å². The number of hydrogen-bond acceptors (Lipinski definition) is 4. The lowest BCUT2D eigenvalue weighted by Crippen LogP contribution is -2.59. The first-order chi connectivity index (χ1) is 18.2. The summed E-state index contributed by atoms with van der Waals surface area (Å²) in [5.74, 6) is -1.49. The Hall–Kier alpha value is -2.13. The van der Waals surface area contributed by atoms with Crippen LogP contribution in [0.25, 0.3) is 0 Å². The fourth-order valence-corrected chi connectivity index (χ4v) is 7.62. The summed E-state index contributed by atoms with van der Waals surface area (Å²) in [5, 5.41) is 10.9. The summed E-state index contributed by atoms with van der Waals surface area (Å²) in [6.07, 6.45) is 2.91. The van der Waals surface area contributed by atoms with Crippen LogP contribution in [0.3, 0.4) is 0 Å². The zero-order valence-electron chi connectivity index (χ0n) is 22.7. The van der Waals surface area contributed by atoms with Crippen LogP contribution in [-0.2, 0) is 19.6 Å². The molecule has 1 aliphatic carbocycles. The molecule has 7 nitrogen and oxygen atoms in total. The molecule has 1 amide bonds. The quantitative estimate of drug-likeness (QED) is 0.365. The zero-order chi connectivity index (χ0) is 28.7. The zero-order valence-corrected chi connectivity index (χ0v) is 25.0. The third-order valence-electron chi connectivity index (χ3n) is 8.02. The number of benzene rings is 2. The molecule has 2 fully saturated rings. The molecule has 4 atom stereocenters. The van der Waals surface area contributed by atoms with E-state index in [0.29, 0.717) is 16.5 Å². The molecule has 0 spiro atoms. The number of carboxylic acids is 1. The van der Waals surface area contributed by atoms with Crippen LogP contribution in [0.4, 0.5) is 0 Å². The second-order valence-corrected chi connectivity index (χ2v) is 14.3. The molecule has 1 saturated heterocycles. The highest BCUT2D eigenvalue weighted by Gasteiger charge is 2.55. The predicted octanol–water partition coefficient (Wildman–Crippen LogP) is 5.98. The summed E-state index contributed by atoms with van der Waals surface area (Å²) >= 11 is 12.6. The molecule has 0 bridgehead atoms. The van der Waals surface area contributed by atoms with Crippen LogP contribution in [0.2, 0.25) is 10.0 Å². The summed E-state index contributed by atoms with van der Waals surface area (Å²) in [6.45, 7) is 5.50. The number of rotatable bonds is 10. The highest BCUT2D eigenvalue weighted by Crippen LogP contribution is 2.54. The first-order valence-electron chi connectivity index (χ1n) is 13.2. The Bertz CT molecular complexity index is 1330. The first kappa shape index (κ1) is 29.8. The number of halogens is 2. The molecule has 1 N–H and O–H groups in total. The van der Waals surface area contributed by atoms with Crippen molar-refractivity contribution in [1.29, 1.82) is 0 Å². The molecule has 1 aliphatic heterocycles. The summed E-state index contributed by atoms with van der Waals surface area (Å²) < 4.78 is 27.1. The highest BCUT2D eigenvalue weighted by molar-refractivity contribution is 7.88. The standard InChI is InChI=1S/C29H36Cl2N2O5S/c1-18(2)32(39(4,37)38)17-25(19-8-9-19)33-27(20-10-12-22(30)13-11-20)24(21-6-5-7-23(31)14-21)15-29(3,28(33)36)16-26(34)35/h5-7,10-14,18-19,24-25,27H,8-9,15-17H2,1-4H3,(H,34,35)/t24-,25?,27-,29-/m1/s1. The van der Waals surface area contributed by atoms with E-state index in [0.717, 1.165) is 24.0 Å². The average Bonchev–Trinajstić information content (AvgIpc) is 3.66. The number of piperidine rings is 1. The van der Waals surface area contributed by atoms with Crippen molar-refractivity contribution in [2.24, 2.45) is 11.3 Å². The molecule has 212 valence electrons. The van der Waals surface area contributed by atoms with Gasteiger partial charge in [0, 0.05) is 34.6 Å². The van der Waals surface area contributed by atoms with Crippen LogP contribution in [0.15, 0.2) is 48.5 Å². The van der Waals surface area contributed by atoms with E-state index in [1.54, 1.807) is 25.1 Å². The van der Waals surface area contributed by atoms with Crippen molar-refractivity contribution >= 4 is 45.1 Å². The molecular formula is C29H36Cl2N2O5S. The lowest BCUT2D eigenvalue weighted by Gasteiger charge is -2.52. The van der Waals surface area contributed by atoms with Crippen LogP contribution in [0.5, 0.6) is 0 Å². The second kappa shape index (κ2) is 11.4. The Morgan fingerprint density at radius 3 is 2.26 bits per heavy atom. The third kappa shape index (κ3) is 6.62. The van der Waals surface area contributed by atoms with Crippen LogP contribution in [0.1, 0.15) is 69.5 Å². The number of hydrogen-bond donors (Lipinski definition) is 1. The van der Waals surface area contributed by atoms with Gasteiger partial charge in [0.1, 0.15) is 0 Å². The molecule has 0 aromatic heterocycles. The van der Waals surface area contributed by atoms with E-state index < -0.39 is 33.5 Å². The lowest BCUT2D eigenvalue weighted by atomic mass is 9.67. The summed E-state index contributed by atoms with van der Waals surface area (Å²) in [6, 6.07) is 13.6. The molecule has 1 saturated carbocycles. The minimum atomic E-state index is -3.56. The van der Waals surface area contributed by atoms with Gasteiger partial charge >= 0.3 is 5.97 Å². The van der Waals surface area contributed by atoms with Crippen LogP contribution in [-0.4, -0.2) is 59.5 Å². The van der Waals surface area contributed by atoms with Gasteiger partial charge in [-0.1, -0.05) is 54.4 Å². The maximum atomic E-state index is 14.5. The smallest absolute Gasteiger partial charge is 0.304 e. The van der Waals surface area contributed by atoms with Crippen LogP contribution < -0.4 is 0 Å². The number of sulfonamides is 1. The Labute approximate surface area is 241 Å². The van der Waals surface area contributed by atoms with E-state index in [-0.39, 0.29) is 36.8 Å². The Morgan fingerprint density at radius 1 is 1.10 bits per heavy atom. The van der Waals surface area contributed by atoms with Gasteiger partial charge in [-0.3, -0.25) is 9.59 Å². The number of amides is 1. The molecule has 39 heavy (non-hydrogen) atoms. The van der Waals surface area contributed by atoms with Crippen LogP contribution in [0, 0.1) is 11.3 Å². The van der Waals surface area contributed by atoms with Crippen LogP contribution >= 0.6 is 23.2 Å². The number of aliphatic carboxylic acids is 1. The normalized spacial score (nSPS) is 24.8. The van der Waals surface area contributed by atoms with Crippen molar-refractivity contribution in [3.8, 4) is 0 Å². The fourth-order valence-electron chi connectivity index (χ4n) is 6.10. The van der Waals surface area contributed by atoms with Gasteiger partial charge in [-0.25, -0.2) is 8.42 Å². The molecule has 1 unspecified atom stereocenters. The summed E-state index contributed by atoms with van der Waals surface area (Å²) in [5.41, 5.74) is 0.564. The van der Waals surface area contributed by atoms with Gasteiger partial charge in [-0.15, -0.1) is 0 Å². The van der Waals surface area contributed by atoms with E-state index in [2.05, 4.69) is 0 Å². The molecular weight excluding hydrogens is 559 g/mol. The largest absolute Gasteiger partial charge is 0.481 e. The van der Waals surface area contributed by atoms with Gasteiger partial charge in [0.05, 0.1) is 24.1 Å². The van der Waals surface area contributed by atoms with E-state index in [1.807, 2.05) is 49.1 Å².